The Morgan fingerprint density at radius 1 is 1.31 bits per heavy atom. The van der Waals surface area contributed by atoms with Gasteiger partial charge in [-0.15, -0.1) is 0 Å². The number of halogens is 3. The molecule has 0 radical (unpaired) electrons. The number of aryl methyl sites for hydroxylation is 1. The molecule has 1 aromatic carbocycles. The molecule has 0 aliphatic rings. The van der Waals surface area contributed by atoms with Gasteiger partial charge < -0.3 is 5.32 Å². The Balaban J connectivity index is 1.64. The van der Waals surface area contributed by atoms with Gasteiger partial charge in [-0.1, -0.05) is 29.3 Å². The number of carbonyl (C=O) groups is 1. The zero-order valence-electron chi connectivity index (χ0n) is 14.1. The first-order chi connectivity index (χ1) is 12.3. The highest BCUT2D eigenvalue weighted by molar-refractivity contribution is 6.32. The normalized spacial score (nSPS) is 11.0. The number of aromatic nitrogens is 4. The van der Waals surface area contributed by atoms with Crippen LogP contribution in [-0.2, 0) is 17.9 Å². The molecule has 9 heteroatoms. The van der Waals surface area contributed by atoms with Crippen molar-refractivity contribution in [1.82, 2.24) is 19.6 Å². The second kappa shape index (κ2) is 7.47. The minimum Gasteiger partial charge on any atom is -0.322 e. The molecular formula is C17H16Cl2FN5O. The lowest BCUT2D eigenvalue weighted by atomic mass is 10.2. The maximum Gasteiger partial charge on any atom is 0.246 e. The molecule has 2 aromatic heterocycles. The van der Waals surface area contributed by atoms with Gasteiger partial charge in [0.25, 0.3) is 0 Å². The molecule has 0 atom stereocenters. The van der Waals surface area contributed by atoms with E-state index in [2.05, 4.69) is 15.5 Å². The van der Waals surface area contributed by atoms with Gasteiger partial charge in [-0.05, 0) is 31.5 Å². The lowest BCUT2D eigenvalue weighted by molar-refractivity contribution is -0.116. The zero-order valence-corrected chi connectivity index (χ0v) is 15.6. The SMILES string of the molecule is Cc1nn(CC(=O)Nc2cnn(Cc3ccc(F)cc3Cl)c2)c(C)c1Cl. The van der Waals surface area contributed by atoms with Gasteiger partial charge >= 0.3 is 0 Å². The molecule has 0 saturated carbocycles. The minimum absolute atomic E-state index is 0.0500. The van der Waals surface area contributed by atoms with Crippen LogP contribution in [0.3, 0.4) is 0 Å². The molecule has 3 aromatic rings. The summed E-state index contributed by atoms with van der Waals surface area (Å²) in [6, 6.07) is 4.19. The van der Waals surface area contributed by atoms with E-state index in [0.29, 0.717) is 28.0 Å². The summed E-state index contributed by atoms with van der Waals surface area (Å²) >= 11 is 12.1. The maximum atomic E-state index is 13.1. The van der Waals surface area contributed by atoms with Crippen LogP contribution >= 0.6 is 23.2 Å². The average Bonchev–Trinajstić information content (AvgIpc) is 3.10. The molecule has 1 amide bonds. The van der Waals surface area contributed by atoms with Gasteiger partial charge in [-0.25, -0.2) is 4.39 Å². The molecule has 1 N–H and O–H groups in total. The van der Waals surface area contributed by atoms with Crippen molar-refractivity contribution in [3.8, 4) is 0 Å². The third kappa shape index (κ3) is 4.05. The number of carbonyl (C=O) groups excluding carboxylic acids is 1. The highest BCUT2D eigenvalue weighted by Gasteiger charge is 2.13. The fraction of sp³-hybridized carbons (Fsp3) is 0.235. The fourth-order valence-electron chi connectivity index (χ4n) is 2.50. The molecule has 0 aliphatic carbocycles. The number of hydrogen-bond acceptors (Lipinski definition) is 3. The Labute approximate surface area is 159 Å². The summed E-state index contributed by atoms with van der Waals surface area (Å²) in [4.78, 5) is 12.2. The number of nitrogens with one attached hydrogen (secondary N) is 1. The van der Waals surface area contributed by atoms with Crippen molar-refractivity contribution in [2.75, 3.05) is 5.32 Å². The van der Waals surface area contributed by atoms with Crippen LogP contribution < -0.4 is 5.32 Å². The number of benzene rings is 1. The molecule has 2 heterocycles. The first kappa shape index (κ1) is 18.4. The number of anilines is 1. The van der Waals surface area contributed by atoms with Crippen molar-refractivity contribution in [2.45, 2.75) is 26.9 Å². The van der Waals surface area contributed by atoms with E-state index < -0.39 is 5.82 Å². The van der Waals surface area contributed by atoms with E-state index in [0.717, 1.165) is 11.3 Å². The van der Waals surface area contributed by atoms with Gasteiger partial charge in [0.2, 0.25) is 5.91 Å². The van der Waals surface area contributed by atoms with Gasteiger partial charge in [0.05, 0.1) is 34.8 Å². The Hall–Kier alpha value is -2.38. The van der Waals surface area contributed by atoms with E-state index in [1.165, 1.54) is 18.3 Å². The van der Waals surface area contributed by atoms with Crippen LogP contribution in [-0.4, -0.2) is 25.5 Å². The van der Waals surface area contributed by atoms with Gasteiger partial charge in [0, 0.05) is 11.2 Å². The third-order valence-electron chi connectivity index (χ3n) is 3.85. The highest BCUT2D eigenvalue weighted by atomic mass is 35.5. The first-order valence-electron chi connectivity index (χ1n) is 7.79. The summed E-state index contributed by atoms with van der Waals surface area (Å²) in [5, 5.41) is 12.0. The molecule has 0 saturated heterocycles. The summed E-state index contributed by atoms with van der Waals surface area (Å²) in [5.41, 5.74) is 2.69. The summed E-state index contributed by atoms with van der Waals surface area (Å²) in [6.07, 6.45) is 3.20. The smallest absolute Gasteiger partial charge is 0.246 e. The standard InChI is InChI=1S/C17H16Cl2FN5O/c1-10-17(19)11(2)25(23-10)9-16(26)22-14-6-21-24(8-14)7-12-3-4-13(20)5-15(12)18/h3-6,8H,7,9H2,1-2H3,(H,22,26). The second-order valence-corrected chi connectivity index (χ2v) is 6.64. The first-order valence-corrected chi connectivity index (χ1v) is 8.55. The van der Waals surface area contributed by atoms with Gasteiger partial charge in [0.15, 0.2) is 0 Å². The van der Waals surface area contributed by atoms with Crippen molar-refractivity contribution in [3.05, 3.63) is 63.4 Å². The fourth-order valence-corrected chi connectivity index (χ4v) is 2.87. The Kier molecular flexibility index (Phi) is 5.29. The van der Waals surface area contributed by atoms with E-state index in [9.17, 15) is 9.18 Å². The van der Waals surface area contributed by atoms with Gasteiger partial charge in [-0.3, -0.25) is 14.2 Å². The van der Waals surface area contributed by atoms with Crippen LogP contribution in [0, 0.1) is 19.7 Å². The van der Waals surface area contributed by atoms with Gasteiger partial charge in [-0.2, -0.15) is 10.2 Å². The molecule has 6 nitrogen and oxygen atoms in total. The van der Waals surface area contributed by atoms with E-state index in [1.54, 1.807) is 35.5 Å². The molecule has 26 heavy (non-hydrogen) atoms. The number of rotatable bonds is 5. The van der Waals surface area contributed by atoms with E-state index >= 15 is 0 Å². The van der Waals surface area contributed by atoms with E-state index in [1.807, 2.05) is 0 Å². The van der Waals surface area contributed by atoms with Crippen LogP contribution in [0.2, 0.25) is 10.0 Å². The number of amides is 1. The number of nitrogens with zero attached hydrogens (tertiary/aromatic N) is 4. The van der Waals surface area contributed by atoms with Crippen LogP contribution in [0.1, 0.15) is 17.0 Å². The summed E-state index contributed by atoms with van der Waals surface area (Å²) in [7, 11) is 0. The maximum absolute atomic E-state index is 13.1. The third-order valence-corrected chi connectivity index (χ3v) is 4.75. The Bertz CT molecular complexity index is 966. The molecular weight excluding hydrogens is 380 g/mol. The second-order valence-electron chi connectivity index (χ2n) is 5.85. The van der Waals surface area contributed by atoms with E-state index in [-0.39, 0.29) is 12.5 Å². The van der Waals surface area contributed by atoms with E-state index in [4.69, 9.17) is 23.2 Å². The highest BCUT2D eigenvalue weighted by Crippen LogP contribution is 2.20. The predicted molar refractivity (Wildman–Crippen MR) is 98.1 cm³/mol. The Morgan fingerprint density at radius 2 is 2.08 bits per heavy atom. The molecule has 0 unspecified atom stereocenters. The minimum atomic E-state index is -0.392. The van der Waals surface area contributed by atoms with Crippen molar-refractivity contribution < 1.29 is 9.18 Å². The van der Waals surface area contributed by atoms with Crippen molar-refractivity contribution >= 4 is 34.8 Å². The lowest BCUT2D eigenvalue weighted by Crippen LogP contribution is -2.20. The quantitative estimate of drug-likeness (QED) is 0.713. The van der Waals surface area contributed by atoms with Gasteiger partial charge in [0.1, 0.15) is 12.4 Å². The molecule has 3 rings (SSSR count). The molecule has 0 bridgehead atoms. The lowest BCUT2D eigenvalue weighted by Gasteiger charge is -2.05. The van der Waals surface area contributed by atoms with Crippen LogP contribution in [0.15, 0.2) is 30.6 Å². The monoisotopic (exact) mass is 395 g/mol. The number of hydrogen-bond donors (Lipinski definition) is 1. The Morgan fingerprint density at radius 3 is 2.73 bits per heavy atom. The average molecular weight is 396 g/mol. The zero-order chi connectivity index (χ0) is 18.8. The van der Waals surface area contributed by atoms with Crippen molar-refractivity contribution in [1.29, 1.82) is 0 Å². The van der Waals surface area contributed by atoms with Crippen LogP contribution in [0.5, 0.6) is 0 Å². The molecule has 0 fully saturated rings. The van der Waals surface area contributed by atoms with Crippen LogP contribution in [0.25, 0.3) is 0 Å². The van der Waals surface area contributed by atoms with Crippen molar-refractivity contribution in [2.24, 2.45) is 0 Å². The largest absolute Gasteiger partial charge is 0.322 e. The molecule has 136 valence electrons. The molecule has 0 spiro atoms. The van der Waals surface area contributed by atoms with Crippen LogP contribution in [0.4, 0.5) is 10.1 Å². The summed E-state index contributed by atoms with van der Waals surface area (Å²) < 4.78 is 16.3. The summed E-state index contributed by atoms with van der Waals surface area (Å²) in [6.45, 7) is 4.00. The van der Waals surface area contributed by atoms with Crippen molar-refractivity contribution in [3.63, 3.8) is 0 Å². The summed E-state index contributed by atoms with van der Waals surface area (Å²) in [5.74, 6) is -0.636. The topological polar surface area (TPSA) is 64.7 Å². The molecule has 0 aliphatic heterocycles. The predicted octanol–water partition coefficient (Wildman–Crippen LogP) is 3.83.